The van der Waals surface area contributed by atoms with Gasteiger partial charge < -0.3 is 4.74 Å². The van der Waals surface area contributed by atoms with Crippen LogP contribution in [-0.2, 0) is 17.3 Å². The van der Waals surface area contributed by atoms with Gasteiger partial charge in [0.05, 0.1) is 12.0 Å². The Labute approximate surface area is 128 Å². The zero-order valence-electron chi connectivity index (χ0n) is 11.5. The van der Waals surface area contributed by atoms with Crippen molar-refractivity contribution in [3.05, 3.63) is 23.8 Å². The maximum atomic E-state index is 12.6. The topological polar surface area (TPSA) is 29.5 Å². The lowest BCUT2D eigenvalue weighted by Gasteiger charge is -2.26. The summed E-state index contributed by atoms with van der Waals surface area (Å²) in [4.78, 5) is 2.17. The first kappa shape index (κ1) is 16.6. The van der Waals surface area contributed by atoms with E-state index in [1.165, 1.54) is 13.2 Å². The van der Waals surface area contributed by atoms with E-state index >= 15 is 0 Å². The van der Waals surface area contributed by atoms with E-state index in [9.17, 15) is 17.4 Å². The summed E-state index contributed by atoms with van der Waals surface area (Å²) in [6.07, 6.45) is 0. The van der Waals surface area contributed by atoms with Crippen LogP contribution in [0, 0.1) is 0 Å². The van der Waals surface area contributed by atoms with Crippen molar-refractivity contribution >= 4 is 22.6 Å². The number of hydrogen-bond donors (Lipinski definition) is 0. The van der Waals surface area contributed by atoms with E-state index in [4.69, 9.17) is 4.74 Å². The van der Waals surface area contributed by atoms with Gasteiger partial charge in [-0.1, -0.05) is 6.07 Å². The molecule has 1 aromatic rings. The molecule has 0 unspecified atom stereocenters. The number of nitrogens with zero attached hydrogens (tertiary/aromatic N) is 1. The molecule has 1 saturated heterocycles. The molecule has 1 aliphatic heterocycles. The Hall–Kier alpha value is -0.730. The average Bonchev–Trinajstić information content (AvgIpc) is 2.40. The van der Waals surface area contributed by atoms with Crippen LogP contribution in [0.25, 0.3) is 0 Å². The first-order valence-electron chi connectivity index (χ1n) is 6.37. The predicted molar refractivity (Wildman–Crippen MR) is 78.1 cm³/mol. The van der Waals surface area contributed by atoms with Crippen molar-refractivity contribution < 1.29 is 22.1 Å². The molecule has 0 atom stereocenters. The molecule has 1 aromatic carbocycles. The maximum Gasteiger partial charge on any atom is 0.446 e. The van der Waals surface area contributed by atoms with Gasteiger partial charge in [0.2, 0.25) is 0 Å². The Morgan fingerprint density at radius 3 is 2.57 bits per heavy atom. The molecular formula is C13H16F3NO2S2. The third kappa shape index (κ3) is 5.19. The van der Waals surface area contributed by atoms with E-state index in [2.05, 4.69) is 4.90 Å². The molecule has 0 radical (unpaired) electrons. The second kappa shape index (κ2) is 7.02. The summed E-state index contributed by atoms with van der Waals surface area (Å²) in [6.45, 7) is 1.98. The molecular weight excluding hydrogens is 323 g/mol. The summed E-state index contributed by atoms with van der Waals surface area (Å²) in [5, 5.41) is 0. The molecule has 0 aliphatic carbocycles. The molecule has 0 amide bonds. The van der Waals surface area contributed by atoms with Crippen molar-refractivity contribution in [2.24, 2.45) is 0 Å². The fourth-order valence-electron chi connectivity index (χ4n) is 2.12. The molecule has 0 spiro atoms. The van der Waals surface area contributed by atoms with Crippen molar-refractivity contribution in [2.75, 3.05) is 31.7 Å². The van der Waals surface area contributed by atoms with Gasteiger partial charge in [-0.05, 0) is 29.5 Å². The molecule has 8 heteroatoms. The first-order chi connectivity index (χ1) is 9.87. The highest BCUT2D eigenvalue weighted by Gasteiger charge is 2.31. The summed E-state index contributed by atoms with van der Waals surface area (Å²) in [6, 6.07) is 4.85. The summed E-state index contributed by atoms with van der Waals surface area (Å²) >= 11 is -0.164. The highest BCUT2D eigenvalue weighted by molar-refractivity contribution is 8.00. The van der Waals surface area contributed by atoms with Crippen LogP contribution in [0.5, 0.6) is 5.75 Å². The van der Waals surface area contributed by atoms with E-state index in [1.54, 1.807) is 12.1 Å². The van der Waals surface area contributed by atoms with E-state index in [0.717, 1.165) is 5.56 Å². The Bertz CT molecular complexity index is 513. The summed E-state index contributed by atoms with van der Waals surface area (Å²) in [5.74, 6) is 1.47. The molecule has 0 aromatic heterocycles. The average molecular weight is 339 g/mol. The normalized spacial score (nSPS) is 17.9. The fraction of sp³-hybridized carbons (Fsp3) is 0.538. The van der Waals surface area contributed by atoms with Gasteiger partial charge in [-0.2, -0.15) is 13.2 Å². The van der Waals surface area contributed by atoms with Gasteiger partial charge in [0, 0.05) is 41.9 Å². The Morgan fingerprint density at radius 2 is 2.00 bits per heavy atom. The molecule has 118 valence electrons. The number of rotatable bonds is 4. The van der Waals surface area contributed by atoms with Crippen LogP contribution in [0.2, 0.25) is 0 Å². The number of hydrogen-bond acceptors (Lipinski definition) is 4. The minimum Gasteiger partial charge on any atom is -0.496 e. The second-order valence-corrected chi connectivity index (χ2v) is 7.46. The van der Waals surface area contributed by atoms with E-state index in [0.29, 0.717) is 31.1 Å². The van der Waals surface area contributed by atoms with Gasteiger partial charge >= 0.3 is 5.51 Å². The highest BCUT2D eigenvalue weighted by atomic mass is 32.2. The molecule has 1 fully saturated rings. The van der Waals surface area contributed by atoms with Crippen LogP contribution in [0.4, 0.5) is 13.2 Å². The van der Waals surface area contributed by atoms with E-state index in [1.807, 2.05) is 0 Å². The number of benzene rings is 1. The van der Waals surface area contributed by atoms with E-state index < -0.39 is 16.3 Å². The Kier molecular flexibility index (Phi) is 5.56. The lowest BCUT2D eigenvalue weighted by molar-refractivity contribution is -0.0328. The van der Waals surface area contributed by atoms with Crippen LogP contribution >= 0.6 is 11.8 Å². The molecule has 1 heterocycles. The molecule has 0 N–H and O–H groups in total. The van der Waals surface area contributed by atoms with Crippen molar-refractivity contribution in [1.82, 2.24) is 4.90 Å². The Balaban J connectivity index is 2.10. The first-order valence-corrected chi connectivity index (χ1v) is 8.68. The largest absolute Gasteiger partial charge is 0.496 e. The fourth-order valence-corrected chi connectivity index (χ4v) is 3.96. The second-order valence-electron chi connectivity index (χ2n) is 4.66. The standard InChI is InChI=1S/C13H16F3NO2S2/c1-19-11-3-2-10(8-12(11)20-13(14,15)16)9-17-4-6-21(18)7-5-17/h2-3,8H,4-7,9H2,1H3. The van der Waals surface area contributed by atoms with Gasteiger partial charge in [0.1, 0.15) is 5.75 Å². The van der Waals surface area contributed by atoms with Crippen molar-refractivity contribution in [2.45, 2.75) is 16.9 Å². The summed E-state index contributed by atoms with van der Waals surface area (Å²) in [5.41, 5.74) is -3.54. The van der Waals surface area contributed by atoms with Crippen LogP contribution in [0.1, 0.15) is 5.56 Å². The van der Waals surface area contributed by atoms with Crippen LogP contribution < -0.4 is 4.74 Å². The zero-order valence-corrected chi connectivity index (χ0v) is 13.1. The van der Waals surface area contributed by atoms with Gasteiger partial charge in [0.15, 0.2) is 0 Å². The molecule has 0 bridgehead atoms. The lowest BCUT2D eigenvalue weighted by atomic mass is 10.2. The Morgan fingerprint density at radius 1 is 1.33 bits per heavy atom. The van der Waals surface area contributed by atoms with Gasteiger partial charge in [0.25, 0.3) is 0 Å². The monoisotopic (exact) mass is 339 g/mol. The van der Waals surface area contributed by atoms with E-state index in [-0.39, 0.29) is 22.4 Å². The number of ether oxygens (including phenoxy) is 1. The minimum absolute atomic E-state index is 0.0723. The SMILES string of the molecule is COc1ccc(CN2CCS(=O)CC2)cc1SC(F)(F)F. The zero-order chi connectivity index (χ0) is 15.5. The van der Waals surface area contributed by atoms with Gasteiger partial charge in [-0.25, -0.2) is 0 Å². The minimum atomic E-state index is -4.34. The van der Waals surface area contributed by atoms with Crippen LogP contribution in [0.15, 0.2) is 23.1 Å². The van der Waals surface area contributed by atoms with Crippen molar-refractivity contribution in [3.8, 4) is 5.75 Å². The lowest BCUT2D eigenvalue weighted by Crippen LogP contribution is -2.37. The molecule has 2 rings (SSSR count). The predicted octanol–water partition coefficient (Wildman–Crippen LogP) is 2.87. The number of halogens is 3. The smallest absolute Gasteiger partial charge is 0.446 e. The van der Waals surface area contributed by atoms with Crippen molar-refractivity contribution in [1.29, 1.82) is 0 Å². The molecule has 0 saturated carbocycles. The maximum absolute atomic E-state index is 12.6. The summed E-state index contributed by atoms with van der Waals surface area (Å²) < 4.78 is 53.9. The molecule has 21 heavy (non-hydrogen) atoms. The van der Waals surface area contributed by atoms with Crippen LogP contribution in [-0.4, -0.2) is 46.3 Å². The van der Waals surface area contributed by atoms with Crippen molar-refractivity contribution in [3.63, 3.8) is 0 Å². The molecule has 1 aliphatic rings. The van der Waals surface area contributed by atoms with Gasteiger partial charge in [-0.15, -0.1) is 0 Å². The third-order valence-electron chi connectivity index (χ3n) is 3.13. The quantitative estimate of drug-likeness (QED) is 0.789. The van der Waals surface area contributed by atoms with Gasteiger partial charge in [-0.3, -0.25) is 9.11 Å². The molecule has 3 nitrogen and oxygen atoms in total. The number of thioether (sulfide) groups is 1. The number of alkyl halides is 3. The number of methoxy groups -OCH3 is 1. The van der Waals surface area contributed by atoms with Crippen LogP contribution in [0.3, 0.4) is 0 Å². The summed E-state index contributed by atoms with van der Waals surface area (Å²) in [7, 11) is 0.600. The third-order valence-corrected chi connectivity index (χ3v) is 5.18. The highest BCUT2D eigenvalue weighted by Crippen LogP contribution is 2.41.